The van der Waals surface area contributed by atoms with Crippen molar-refractivity contribution < 1.29 is 14.3 Å². The van der Waals surface area contributed by atoms with Crippen molar-refractivity contribution in [2.45, 2.75) is 6.04 Å². The summed E-state index contributed by atoms with van der Waals surface area (Å²) in [5.41, 5.74) is 4.95. The third-order valence-corrected chi connectivity index (χ3v) is 0.718. The molecule has 0 aromatic heterocycles. The highest BCUT2D eigenvalue weighted by atomic mass is 19.1. The number of rotatable bonds is 3. The van der Waals surface area contributed by atoms with E-state index in [0.29, 0.717) is 0 Å². The number of hydrogen-bond donors (Lipinski definition) is 2. The molecule has 3 N–H and O–H groups in total. The zero-order chi connectivity index (χ0) is 7.28. The minimum Gasteiger partial charge on any atom is -0.480 e. The molecular formula is C5H8FNO2. The number of halogens is 1. The Morgan fingerprint density at radius 3 is 2.78 bits per heavy atom. The molecule has 0 fully saturated rings. The molecule has 0 saturated heterocycles. The molecule has 0 bridgehead atoms. The molecule has 0 heterocycles. The van der Waals surface area contributed by atoms with Crippen LogP contribution in [0.25, 0.3) is 0 Å². The third kappa shape index (κ3) is 3.66. The Balaban J connectivity index is 3.62. The predicted octanol–water partition coefficient (Wildman–Crippen LogP) is -0.0760. The first-order valence-corrected chi connectivity index (χ1v) is 2.39. The molecule has 0 saturated carbocycles. The van der Waals surface area contributed by atoms with Crippen molar-refractivity contribution in [1.29, 1.82) is 0 Å². The highest BCUT2D eigenvalue weighted by molar-refractivity contribution is 5.75. The maximum Gasteiger partial charge on any atom is 0.324 e. The van der Waals surface area contributed by atoms with E-state index >= 15 is 0 Å². The van der Waals surface area contributed by atoms with Crippen LogP contribution in [-0.4, -0.2) is 23.8 Å². The second-order valence-electron chi connectivity index (χ2n) is 1.45. The van der Waals surface area contributed by atoms with E-state index in [4.69, 9.17) is 10.8 Å². The van der Waals surface area contributed by atoms with Crippen LogP contribution in [-0.2, 0) is 4.79 Å². The summed E-state index contributed by atoms with van der Waals surface area (Å²) in [5.74, 6) is -1.15. The summed E-state index contributed by atoms with van der Waals surface area (Å²) < 4.78 is 11.3. The molecule has 0 rings (SSSR count). The fourth-order valence-electron chi connectivity index (χ4n) is 0.280. The van der Waals surface area contributed by atoms with Gasteiger partial charge in [0.1, 0.15) is 12.7 Å². The van der Waals surface area contributed by atoms with E-state index in [1.165, 1.54) is 0 Å². The highest BCUT2D eigenvalue weighted by Gasteiger charge is 2.04. The average molecular weight is 133 g/mol. The first kappa shape index (κ1) is 8.10. The molecule has 0 aromatic rings. The van der Waals surface area contributed by atoms with Gasteiger partial charge < -0.3 is 10.8 Å². The molecule has 0 amide bonds. The van der Waals surface area contributed by atoms with Gasteiger partial charge in [0.2, 0.25) is 0 Å². The van der Waals surface area contributed by atoms with E-state index in [2.05, 4.69) is 0 Å². The minimum absolute atomic E-state index is 0.680. The van der Waals surface area contributed by atoms with Gasteiger partial charge in [-0.15, -0.1) is 0 Å². The van der Waals surface area contributed by atoms with Gasteiger partial charge >= 0.3 is 5.97 Å². The van der Waals surface area contributed by atoms with Crippen LogP contribution in [0.2, 0.25) is 0 Å². The molecule has 0 aliphatic heterocycles. The van der Waals surface area contributed by atoms with Crippen LogP contribution in [0.3, 0.4) is 0 Å². The molecular weight excluding hydrogens is 125 g/mol. The molecule has 0 radical (unpaired) electrons. The monoisotopic (exact) mass is 133 g/mol. The van der Waals surface area contributed by atoms with Gasteiger partial charge in [0.25, 0.3) is 0 Å². The largest absolute Gasteiger partial charge is 0.480 e. The Morgan fingerprint density at radius 2 is 2.44 bits per heavy atom. The summed E-state index contributed by atoms with van der Waals surface area (Å²) in [7, 11) is 0. The maximum absolute atomic E-state index is 11.3. The molecule has 52 valence electrons. The highest BCUT2D eigenvalue weighted by Crippen LogP contribution is 1.81. The normalized spacial score (nSPS) is 14.0. The molecule has 0 aliphatic carbocycles. The Morgan fingerprint density at radius 1 is 1.89 bits per heavy atom. The Labute approximate surface area is 52.0 Å². The number of nitrogens with two attached hydrogens (primary N) is 1. The summed E-state index contributed by atoms with van der Waals surface area (Å²) in [6, 6.07) is -1.08. The molecule has 0 unspecified atom stereocenters. The van der Waals surface area contributed by atoms with Crippen LogP contribution in [0.4, 0.5) is 4.39 Å². The van der Waals surface area contributed by atoms with Crippen molar-refractivity contribution in [2.75, 3.05) is 6.67 Å². The van der Waals surface area contributed by atoms with Crippen LogP contribution in [0.5, 0.6) is 0 Å². The lowest BCUT2D eigenvalue weighted by Crippen LogP contribution is -2.27. The zero-order valence-electron chi connectivity index (χ0n) is 4.75. The zero-order valence-corrected chi connectivity index (χ0v) is 4.75. The Hall–Kier alpha value is -0.900. The van der Waals surface area contributed by atoms with E-state index in [0.717, 1.165) is 12.2 Å². The molecule has 4 heteroatoms. The fourth-order valence-corrected chi connectivity index (χ4v) is 0.280. The van der Waals surface area contributed by atoms with Gasteiger partial charge in [0, 0.05) is 0 Å². The van der Waals surface area contributed by atoms with Gasteiger partial charge in [-0.25, -0.2) is 4.39 Å². The Kier molecular flexibility index (Phi) is 3.62. The fraction of sp³-hybridized carbons (Fsp3) is 0.400. The number of alkyl halides is 1. The number of carboxylic acid groups (broad SMARTS) is 1. The summed E-state index contributed by atoms with van der Waals surface area (Å²) in [6.07, 6.45) is 2.17. The first-order valence-electron chi connectivity index (χ1n) is 2.39. The van der Waals surface area contributed by atoms with Crippen molar-refractivity contribution in [3.8, 4) is 0 Å². The maximum atomic E-state index is 11.3. The number of hydrogen-bond acceptors (Lipinski definition) is 2. The minimum atomic E-state index is -1.15. The van der Waals surface area contributed by atoms with E-state index in [1.54, 1.807) is 0 Å². The number of carboxylic acids is 1. The van der Waals surface area contributed by atoms with Gasteiger partial charge in [0.15, 0.2) is 0 Å². The average Bonchev–Trinajstić information content (AvgIpc) is 1.82. The topological polar surface area (TPSA) is 63.3 Å². The quantitative estimate of drug-likeness (QED) is 0.529. The summed E-state index contributed by atoms with van der Waals surface area (Å²) in [4.78, 5) is 9.91. The predicted molar refractivity (Wildman–Crippen MR) is 30.7 cm³/mol. The first-order chi connectivity index (χ1) is 4.18. The third-order valence-electron chi connectivity index (χ3n) is 0.718. The summed E-state index contributed by atoms with van der Waals surface area (Å²) in [5, 5.41) is 8.11. The molecule has 0 aromatic carbocycles. The lowest BCUT2D eigenvalue weighted by atomic mass is 10.3. The Bertz CT molecular complexity index is 124. The van der Waals surface area contributed by atoms with E-state index in [1.807, 2.05) is 0 Å². The van der Waals surface area contributed by atoms with Crippen LogP contribution < -0.4 is 5.73 Å². The number of aliphatic carboxylic acids is 1. The van der Waals surface area contributed by atoms with Crippen molar-refractivity contribution in [1.82, 2.24) is 0 Å². The lowest BCUT2D eigenvalue weighted by Gasteiger charge is -1.94. The second-order valence-corrected chi connectivity index (χ2v) is 1.45. The van der Waals surface area contributed by atoms with Gasteiger partial charge in [-0.3, -0.25) is 4.79 Å². The van der Waals surface area contributed by atoms with E-state index in [-0.39, 0.29) is 0 Å². The van der Waals surface area contributed by atoms with Crippen molar-refractivity contribution in [3.05, 3.63) is 12.2 Å². The number of allylic oxidation sites excluding steroid dienone is 1. The van der Waals surface area contributed by atoms with Crippen LogP contribution in [0.15, 0.2) is 12.2 Å². The van der Waals surface area contributed by atoms with Gasteiger partial charge in [-0.1, -0.05) is 12.2 Å². The van der Waals surface area contributed by atoms with E-state index in [9.17, 15) is 9.18 Å². The van der Waals surface area contributed by atoms with Gasteiger partial charge in [-0.2, -0.15) is 0 Å². The lowest BCUT2D eigenvalue weighted by molar-refractivity contribution is -0.137. The number of carbonyl (C=O) groups is 1. The molecule has 0 aliphatic rings. The molecule has 9 heavy (non-hydrogen) atoms. The van der Waals surface area contributed by atoms with Crippen molar-refractivity contribution in [2.24, 2.45) is 5.73 Å². The molecule has 1 atom stereocenters. The summed E-state index contributed by atoms with van der Waals surface area (Å²) in [6.45, 7) is -0.680. The molecule has 0 spiro atoms. The van der Waals surface area contributed by atoms with Crippen LogP contribution >= 0.6 is 0 Å². The van der Waals surface area contributed by atoms with Crippen LogP contribution in [0.1, 0.15) is 0 Å². The summed E-state index contributed by atoms with van der Waals surface area (Å²) >= 11 is 0. The van der Waals surface area contributed by atoms with Crippen LogP contribution in [0, 0.1) is 0 Å². The smallest absolute Gasteiger partial charge is 0.324 e. The van der Waals surface area contributed by atoms with Gasteiger partial charge in [0.05, 0.1) is 0 Å². The standard InChI is InChI=1S/C5H8FNO2/c6-3-1-2-4(7)5(8)9/h1-2,4H,3,7H2,(H,8,9)/t4-/m0/s1. The van der Waals surface area contributed by atoms with Crippen molar-refractivity contribution in [3.63, 3.8) is 0 Å². The van der Waals surface area contributed by atoms with E-state index < -0.39 is 18.7 Å². The molecule has 3 nitrogen and oxygen atoms in total. The second kappa shape index (κ2) is 4.03. The SMILES string of the molecule is N[C@@H](C=CCF)C(=O)O. The van der Waals surface area contributed by atoms with Gasteiger partial charge in [-0.05, 0) is 0 Å². The van der Waals surface area contributed by atoms with Crippen molar-refractivity contribution >= 4 is 5.97 Å².